The zero-order chi connectivity index (χ0) is 10.7. The number of hydrogen-bond donors (Lipinski definition) is 1. The minimum Gasteiger partial charge on any atom is -0.363 e. The summed E-state index contributed by atoms with van der Waals surface area (Å²) in [5.74, 6) is -0.260. The van der Waals surface area contributed by atoms with Gasteiger partial charge in [-0.1, -0.05) is 24.3 Å². The first kappa shape index (κ1) is 10.1. The smallest absolute Gasteiger partial charge is 0.277 e. The average Bonchev–Trinajstić information content (AvgIpc) is 2.28. The summed E-state index contributed by atoms with van der Waals surface area (Å²) in [6.07, 6.45) is 0.308. The monoisotopic (exact) mass is 207 g/mol. The fraction of sp³-hybridized carbons (Fsp3) is 0.364. The van der Waals surface area contributed by atoms with Crippen LogP contribution in [0.3, 0.4) is 0 Å². The van der Waals surface area contributed by atoms with Crippen LogP contribution < -0.4 is 5.48 Å². The maximum atomic E-state index is 11.6. The van der Waals surface area contributed by atoms with Gasteiger partial charge in [0.05, 0.1) is 13.7 Å². The van der Waals surface area contributed by atoms with Crippen molar-refractivity contribution < 1.29 is 14.4 Å². The number of hydrogen-bond acceptors (Lipinski definition) is 3. The number of fused-ring (bicyclic) bond motifs is 1. The topological polar surface area (TPSA) is 47.6 Å². The van der Waals surface area contributed by atoms with Gasteiger partial charge >= 0.3 is 0 Å². The molecule has 0 radical (unpaired) electrons. The van der Waals surface area contributed by atoms with Crippen molar-refractivity contribution in [3.63, 3.8) is 0 Å². The summed E-state index contributed by atoms with van der Waals surface area (Å²) in [6.45, 7) is 0.568. The van der Waals surface area contributed by atoms with Gasteiger partial charge in [0.1, 0.15) is 0 Å². The second kappa shape index (κ2) is 4.42. The molecule has 1 heterocycles. The summed E-state index contributed by atoms with van der Waals surface area (Å²) in [5, 5.41) is 0. The van der Waals surface area contributed by atoms with E-state index in [1.54, 1.807) is 0 Å². The molecule has 0 fully saturated rings. The molecule has 1 aromatic rings. The van der Waals surface area contributed by atoms with E-state index in [2.05, 4.69) is 10.3 Å². The standard InChI is InChI=1S/C11H13NO3/c1-14-12-11(13)10-9-5-3-2-4-8(9)6-7-15-10/h2-5,10H,6-7H2,1H3,(H,12,13). The molecule has 1 amide bonds. The molecule has 0 aromatic heterocycles. The van der Waals surface area contributed by atoms with Gasteiger partial charge in [0.2, 0.25) is 0 Å². The van der Waals surface area contributed by atoms with E-state index in [0.717, 1.165) is 12.0 Å². The highest BCUT2D eigenvalue weighted by Gasteiger charge is 2.26. The lowest BCUT2D eigenvalue weighted by molar-refractivity contribution is -0.144. The number of nitrogens with one attached hydrogen (secondary N) is 1. The van der Waals surface area contributed by atoms with Gasteiger partial charge in [0.15, 0.2) is 6.10 Å². The first-order valence-electron chi connectivity index (χ1n) is 4.85. The number of benzene rings is 1. The minimum atomic E-state index is -0.546. The normalized spacial score (nSPS) is 19.4. The highest BCUT2D eigenvalue weighted by molar-refractivity contribution is 5.81. The highest BCUT2D eigenvalue weighted by atomic mass is 16.6. The molecule has 2 rings (SSSR count). The number of ether oxygens (including phenoxy) is 1. The van der Waals surface area contributed by atoms with E-state index in [1.807, 2.05) is 24.3 Å². The molecule has 4 heteroatoms. The molecule has 0 saturated heterocycles. The summed E-state index contributed by atoms with van der Waals surface area (Å²) in [4.78, 5) is 16.2. The van der Waals surface area contributed by atoms with Gasteiger partial charge in [0.25, 0.3) is 5.91 Å². The van der Waals surface area contributed by atoms with Crippen molar-refractivity contribution in [2.75, 3.05) is 13.7 Å². The Morgan fingerprint density at radius 3 is 3.13 bits per heavy atom. The van der Waals surface area contributed by atoms with Gasteiger partial charge in [-0.2, -0.15) is 0 Å². The predicted octanol–water partition coefficient (Wildman–Crippen LogP) is 0.978. The molecule has 0 aliphatic carbocycles. The molecular weight excluding hydrogens is 194 g/mol. The van der Waals surface area contributed by atoms with E-state index >= 15 is 0 Å². The fourth-order valence-corrected chi connectivity index (χ4v) is 1.77. The largest absolute Gasteiger partial charge is 0.363 e. The third kappa shape index (κ3) is 2.00. The van der Waals surface area contributed by atoms with Crippen LogP contribution in [0, 0.1) is 0 Å². The van der Waals surface area contributed by atoms with E-state index in [1.165, 1.54) is 12.7 Å². The third-order valence-corrected chi connectivity index (χ3v) is 2.43. The summed E-state index contributed by atoms with van der Waals surface area (Å²) < 4.78 is 5.43. The van der Waals surface area contributed by atoms with Crippen molar-refractivity contribution in [1.82, 2.24) is 5.48 Å². The van der Waals surface area contributed by atoms with Gasteiger partial charge < -0.3 is 4.74 Å². The van der Waals surface area contributed by atoms with Crippen LogP contribution in [0.25, 0.3) is 0 Å². The molecule has 0 spiro atoms. The van der Waals surface area contributed by atoms with Crippen LogP contribution in [0.1, 0.15) is 17.2 Å². The zero-order valence-electron chi connectivity index (χ0n) is 8.53. The molecule has 1 aliphatic rings. The van der Waals surface area contributed by atoms with E-state index in [4.69, 9.17) is 4.74 Å². The van der Waals surface area contributed by atoms with Crippen molar-refractivity contribution in [3.8, 4) is 0 Å². The van der Waals surface area contributed by atoms with Crippen LogP contribution in [0.2, 0.25) is 0 Å². The zero-order valence-corrected chi connectivity index (χ0v) is 8.53. The Bertz CT molecular complexity index is 365. The van der Waals surface area contributed by atoms with Gasteiger partial charge in [-0.15, -0.1) is 0 Å². The van der Waals surface area contributed by atoms with Gasteiger partial charge in [-0.05, 0) is 17.5 Å². The predicted molar refractivity (Wildman–Crippen MR) is 54.0 cm³/mol. The SMILES string of the molecule is CONC(=O)C1OCCc2ccccc21. The molecular formula is C11H13NO3. The van der Waals surface area contributed by atoms with E-state index in [-0.39, 0.29) is 5.91 Å². The molecule has 0 saturated carbocycles. The molecule has 0 bridgehead atoms. The van der Waals surface area contributed by atoms with Gasteiger partial charge in [-0.25, -0.2) is 5.48 Å². The fourth-order valence-electron chi connectivity index (χ4n) is 1.77. The molecule has 1 N–H and O–H groups in total. The van der Waals surface area contributed by atoms with Crippen molar-refractivity contribution in [1.29, 1.82) is 0 Å². The Kier molecular flexibility index (Phi) is 2.99. The summed E-state index contributed by atoms with van der Waals surface area (Å²) >= 11 is 0. The number of carbonyl (C=O) groups excluding carboxylic acids is 1. The van der Waals surface area contributed by atoms with Crippen LogP contribution in [0.15, 0.2) is 24.3 Å². The van der Waals surface area contributed by atoms with Crippen molar-refractivity contribution in [3.05, 3.63) is 35.4 Å². The third-order valence-electron chi connectivity index (χ3n) is 2.43. The maximum absolute atomic E-state index is 11.6. The van der Waals surface area contributed by atoms with Crippen LogP contribution in [0.5, 0.6) is 0 Å². The van der Waals surface area contributed by atoms with Crippen molar-refractivity contribution in [2.24, 2.45) is 0 Å². The first-order chi connectivity index (χ1) is 7.33. The Balaban J connectivity index is 2.25. The Morgan fingerprint density at radius 2 is 2.33 bits per heavy atom. The van der Waals surface area contributed by atoms with Crippen LogP contribution >= 0.6 is 0 Å². The van der Waals surface area contributed by atoms with Crippen LogP contribution in [-0.4, -0.2) is 19.6 Å². The van der Waals surface area contributed by atoms with Crippen molar-refractivity contribution in [2.45, 2.75) is 12.5 Å². The maximum Gasteiger partial charge on any atom is 0.277 e. The quantitative estimate of drug-likeness (QED) is 0.735. The molecule has 15 heavy (non-hydrogen) atoms. The van der Waals surface area contributed by atoms with E-state index < -0.39 is 6.10 Å². The number of amides is 1. The first-order valence-corrected chi connectivity index (χ1v) is 4.85. The van der Waals surface area contributed by atoms with Gasteiger partial charge in [0, 0.05) is 0 Å². The Hall–Kier alpha value is -1.39. The lowest BCUT2D eigenvalue weighted by Crippen LogP contribution is -2.33. The molecule has 1 aromatic carbocycles. The number of hydroxylamine groups is 1. The summed E-state index contributed by atoms with van der Waals surface area (Å²) in [6, 6.07) is 7.80. The van der Waals surface area contributed by atoms with Crippen LogP contribution in [-0.2, 0) is 20.8 Å². The lowest BCUT2D eigenvalue weighted by atomic mass is 9.97. The van der Waals surface area contributed by atoms with E-state index in [0.29, 0.717) is 6.61 Å². The second-order valence-electron chi connectivity index (χ2n) is 3.37. The lowest BCUT2D eigenvalue weighted by Gasteiger charge is -2.24. The molecule has 1 atom stereocenters. The molecule has 1 unspecified atom stereocenters. The summed E-state index contributed by atoms with van der Waals surface area (Å²) in [7, 11) is 1.41. The average molecular weight is 207 g/mol. The molecule has 4 nitrogen and oxygen atoms in total. The van der Waals surface area contributed by atoms with Gasteiger partial charge in [-0.3, -0.25) is 9.63 Å². The van der Waals surface area contributed by atoms with Crippen LogP contribution in [0.4, 0.5) is 0 Å². The highest BCUT2D eigenvalue weighted by Crippen LogP contribution is 2.26. The second-order valence-corrected chi connectivity index (χ2v) is 3.37. The molecule has 1 aliphatic heterocycles. The summed E-state index contributed by atoms with van der Waals surface area (Å²) in [5.41, 5.74) is 4.39. The van der Waals surface area contributed by atoms with Crippen molar-refractivity contribution >= 4 is 5.91 Å². The molecule has 80 valence electrons. The minimum absolute atomic E-state index is 0.260. The Labute approximate surface area is 88.1 Å². The number of carbonyl (C=O) groups is 1. The van der Waals surface area contributed by atoms with E-state index in [9.17, 15) is 4.79 Å². The number of rotatable bonds is 2. The Morgan fingerprint density at radius 1 is 1.53 bits per heavy atom.